The normalized spacial score (nSPS) is 13.6. The zero-order valence-corrected chi connectivity index (χ0v) is 18.8. The lowest BCUT2D eigenvalue weighted by Crippen LogP contribution is -2.50. The molecule has 1 fully saturated rings. The Morgan fingerprint density at radius 1 is 0.939 bits per heavy atom. The summed E-state index contributed by atoms with van der Waals surface area (Å²) in [6.07, 6.45) is 1.76. The van der Waals surface area contributed by atoms with Gasteiger partial charge >= 0.3 is 0 Å². The van der Waals surface area contributed by atoms with Crippen molar-refractivity contribution in [2.75, 3.05) is 36.4 Å². The minimum absolute atomic E-state index is 0.0670. The van der Waals surface area contributed by atoms with Gasteiger partial charge in [0.05, 0.1) is 0 Å². The SMILES string of the molecule is Cc1ccc(C(=O)Nc2ccc(C)n(CC(=O)N3CCN(c4ccccn4)CC3)c2=O)cc1. The van der Waals surface area contributed by atoms with Crippen molar-refractivity contribution >= 4 is 23.3 Å². The summed E-state index contributed by atoms with van der Waals surface area (Å²) in [5.41, 5.74) is 1.93. The third-order valence-corrected chi connectivity index (χ3v) is 5.85. The van der Waals surface area contributed by atoms with Gasteiger partial charge in [-0.25, -0.2) is 4.98 Å². The molecule has 3 aromatic rings. The third kappa shape index (κ3) is 5.11. The molecule has 0 unspecified atom stereocenters. The van der Waals surface area contributed by atoms with Gasteiger partial charge in [0.25, 0.3) is 11.5 Å². The van der Waals surface area contributed by atoms with E-state index in [1.807, 2.05) is 37.3 Å². The minimum atomic E-state index is -0.393. The summed E-state index contributed by atoms with van der Waals surface area (Å²) in [5.74, 6) is 0.413. The number of aromatic nitrogens is 2. The molecule has 33 heavy (non-hydrogen) atoms. The van der Waals surface area contributed by atoms with E-state index in [0.717, 1.165) is 11.4 Å². The number of hydrogen-bond donors (Lipinski definition) is 1. The summed E-state index contributed by atoms with van der Waals surface area (Å²) in [4.78, 5) is 46.8. The van der Waals surface area contributed by atoms with E-state index in [-0.39, 0.29) is 24.0 Å². The van der Waals surface area contributed by atoms with Crippen molar-refractivity contribution in [2.45, 2.75) is 20.4 Å². The van der Waals surface area contributed by atoms with Crippen molar-refractivity contribution in [3.05, 3.63) is 88.0 Å². The zero-order chi connectivity index (χ0) is 23.4. The number of rotatable bonds is 5. The maximum atomic E-state index is 13.0. The quantitative estimate of drug-likeness (QED) is 0.652. The molecule has 8 nitrogen and oxygen atoms in total. The van der Waals surface area contributed by atoms with Crippen LogP contribution in [0.1, 0.15) is 21.6 Å². The summed E-state index contributed by atoms with van der Waals surface area (Å²) in [5, 5.41) is 2.68. The molecular weight excluding hydrogens is 418 g/mol. The highest BCUT2D eigenvalue weighted by Crippen LogP contribution is 2.13. The number of pyridine rings is 2. The summed E-state index contributed by atoms with van der Waals surface area (Å²) in [7, 11) is 0. The van der Waals surface area contributed by atoms with Gasteiger partial charge < -0.3 is 19.7 Å². The Labute approximate surface area is 192 Å². The van der Waals surface area contributed by atoms with Gasteiger partial charge in [0.1, 0.15) is 18.1 Å². The Bertz CT molecular complexity index is 1200. The maximum absolute atomic E-state index is 13.0. The summed E-state index contributed by atoms with van der Waals surface area (Å²) >= 11 is 0. The smallest absolute Gasteiger partial charge is 0.274 e. The second-order valence-electron chi connectivity index (χ2n) is 8.16. The third-order valence-electron chi connectivity index (χ3n) is 5.85. The topological polar surface area (TPSA) is 87.5 Å². The molecule has 3 heterocycles. The second-order valence-corrected chi connectivity index (χ2v) is 8.16. The van der Waals surface area contributed by atoms with Crippen LogP contribution in [-0.4, -0.2) is 52.4 Å². The van der Waals surface area contributed by atoms with Crippen LogP contribution in [0.4, 0.5) is 11.5 Å². The van der Waals surface area contributed by atoms with Crippen LogP contribution in [-0.2, 0) is 11.3 Å². The molecule has 1 aromatic carbocycles. The van der Waals surface area contributed by atoms with E-state index in [1.54, 1.807) is 42.3 Å². The van der Waals surface area contributed by atoms with E-state index in [0.29, 0.717) is 37.4 Å². The number of amides is 2. The highest BCUT2D eigenvalue weighted by molar-refractivity contribution is 6.04. The first-order chi connectivity index (χ1) is 15.9. The predicted molar refractivity (Wildman–Crippen MR) is 128 cm³/mol. The minimum Gasteiger partial charge on any atom is -0.353 e. The first-order valence-corrected chi connectivity index (χ1v) is 10.9. The Hall–Kier alpha value is -3.94. The van der Waals surface area contributed by atoms with Gasteiger partial charge in [-0.1, -0.05) is 23.8 Å². The molecule has 0 saturated carbocycles. The van der Waals surface area contributed by atoms with Crippen molar-refractivity contribution in [2.24, 2.45) is 0 Å². The Balaban J connectivity index is 1.42. The van der Waals surface area contributed by atoms with Gasteiger partial charge in [-0.05, 0) is 50.2 Å². The van der Waals surface area contributed by atoms with Gasteiger partial charge in [-0.2, -0.15) is 0 Å². The summed E-state index contributed by atoms with van der Waals surface area (Å²) < 4.78 is 1.41. The molecule has 0 spiro atoms. The lowest BCUT2D eigenvalue weighted by Gasteiger charge is -2.35. The molecule has 4 rings (SSSR count). The van der Waals surface area contributed by atoms with E-state index >= 15 is 0 Å². The molecule has 1 N–H and O–H groups in total. The van der Waals surface area contributed by atoms with Crippen molar-refractivity contribution < 1.29 is 9.59 Å². The first kappa shape index (κ1) is 22.3. The van der Waals surface area contributed by atoms with Crippen LogP contribution in [0.5, 0.6) is 0 Å². The number of nitrogens with zero attached hydrogens (tertiary/aromatic N) is 4. The molecule has 170 valence electrons. The van der Waals surface area contributed by atoms with Crippen LogP contribution in [0.15, 0.2) is 65.6 Å². The van der Waals surface area contributed by atoms with Gasteiger partial charge in [0.2, 0.25) is 5.91 Å². The van der Waals surface area contributed by atoms with Crippen LogP contribution < -0.4 is 15.8 Å². The lowest BCUT2D eigenvalue weighted by molar-refractivity contribution is -0.132. The fourth-order valence-corrected chi connectivity index (χ4v) is 3.82. The van der Waals surface area contributed by atoms with E-state index in [4.69, 9.17) is 0 Å². The maximum Gasteiger partial charge on any atom is 0.274 e. The van der Waals surface area contributed by atoms with Crippen LogP contribution in [0, 0.1) is 13.8 Å². The van der Waals surface area contributed by atoms with Crippen molar-refractivity contribution in [3.63, 3.8) is 0 Å². The zero-order valence-electron chi connectivity index (χ0n) is 18.8. The summed E-state index contributed by atoms with van der Waals surface area (Å²) in [6, 6.07) is 16.2. The highest BCUT2D eigenvalue weighted by Gasteiger charge is 2.23. The van der Waals surface area contributed by atoms with Crippen LogP contribution in [0.25, 0.3) is 0 Å². The Kier molecular flexibility index (Phi) is 6.53. The molecule has 0 bridgehead atoms. The van der Waals surface area contributed by atoms with Gasteiger partial charge in [-0.3, -0.25) is 14.4 Å². The standard InChI is InChI=1S/C25H27N5O3/c1-18-6-9-20(10-7-18)24(32)27-21-11-8-19(2)30(25(21)33)17-23(31)29-15-13-28(14-16-29)22-5-3-4-12-26-22/h3-12H,13-17H2,1-2H3,(H,27,32). The number of piperazine rings is 1. The number of carbonyl (C=O) groups excluding carboxylic acids is 2. The van der Waals surface area contributed by atoms with Crippen molar-refractivity contribution in [1.82, 2.24) is 14.5 Å². The van der Waals surface area contributed by atoms with E-state index in [9.17, 15) is 14.4 Å². The molecule has 2 aromatic heterocycles. The molecule has 1 aliphatic rings. The molecule has 1 aliphatic heterocycles. The Morgan fingerprint density at radius 3 is 2.33 bits per heavy atom. The average molecular weight is 446 g/mol. The van der Waals surface area contributed by atoms with E-state index in [1.165, 1.54) is 4.57 Å². The second kappa shape index (κ2) is 9.68. The fraction of sp³-hybridized carbons (Fsp3) is 0.280. The molecular formula is C25H27N5O3. The van der Waals surface area contributed by atoms with Gasteiger partial charge in [0, 0.05) is 43.6 Å². The summed E-state index contributed by atoms with van der Waals surface area (Å²) in [6.45, 7) is 6.14. The molecule has 8 heteroatoms. The van der Waals surface area contributed by atoms with Crippen LogP contribution in [0.2, 0.25) is 0 Å². The van der Waals surface area contributed by atoms with Crippen LogP contribution >= 0.6 is 0 Å². The number of anilines is 2. The molecule has 0 atom stereocenters. The Morgan fingerprint density at radius 2 is 1.67 bits per heavy atom. The average Bonchev–Trinajstić information content (AvgIpc) is 2.84. The number of carbonyl (C=O) groups is 2. The largest absolute Gasteiger partial charge is 0.353 e. The molecule has 2 amide bonds. The number of benzene rings is 1. The number of aryl methyl sites for hydroxylation is 2. The fourth-order valence-electron chi connectivity index (χ4n) is 3.82. The van der Waals surface area contributed by atoms with Crippen molar-refractivity contribution in [1.29, 1.82) is 0 Å². The van der Waals surface area contributed by atoms with E-state index < -0.39 is 5.56 Å². The lowest BCUT2D eigenvalue weighted by atomic mass is 10.1. The molecule has 1 saturated heterocycles. The predicted octanol–water partition coefficient (Wildman–Crippen LogP) is 2.46. The van der Waals surface area contributed by atoms with Crippen LogP contribution in [0.3, 0.4) is 0 Å². The number of hydrogen-bond acceptors (Lipinski definition) is 5. The number of nitrogens with one attached hydrogen (secondary N) is 1. The van der Waals surface area contributed by atoms with Gasteiger partial charge in [-0.15, -0.1) is 0 Å². The highest BCUT2D eigenvalue weighted by atomic mass is 16.2. The molecule has 0 radical (unpaired) electrons. The van der Waals surface area contributed by atoms with Gasteiger partial charge in [0.15, 0.2) is 0 Å². The first-order valence-electron chi connectivity index (χ1n) is 10.9. The monoisotopic (exact) mass is 445 g/mol. The van der Waals surface area contributed by atoms with Crippen molar-refractivity contribution in [3.8, 4) is 0 Å². The van der Waals surface area contributed by atoms with E-state index in [2.05, 4.69) is 15.2 Å². The molecule has 0 aliphatic carbocycles.